The van der Waals surface area contributed by atoms with Gasteiger partial charge in [0.25, 0.3) is 10.1 Å². The molecule has 1 saturated heterocycles. The van der Waals surface area contributed by atoms with Gasteiger partial charge in [0.05, 0.1) is 43.3 Å². The molecule has 3 rings (SSSR count). The molecule has 1 aliphatic heterocycles. The highest BCUT2D eigenvalue weighted by Crippen LogP contribution is 2.26. The zero-order valence-corrected chi connectivity index (χ0v) is 20.5. The van der Waals surface area contributed by atoms with Crippen molar-refractivity contribution in [3.8, 4) is 0 Å². The number of ether oxygens (including phenoxy) is 3. The van der Waals surface area contributed by atoms with Crippen LogP contribution in [0.1, 0.15) is 41.0 Å². The van der Waals surface area contributed by atoms with E-state index in [0.29, 0.717) is 44.3 Å². The molecule has 0 atom stereocenters. The fourth-order valence-corrected chi connectivity index (χ4v) is 4.37. The van der Waals surface area contributed by atoms with E-state index in [1.165, 1.54) is 0 Å². The lowest BCUT2D eigenvalue weighted by Crippen LogP contribution is -2.37. The zero-order valence-electron chi connectivity index (χ0n) is 19.7. The summed E-state index contributed by atoms with van der Waals surface area (Å²) in [4.78, 5) is 25.8. The molecular formula is C22H27N3O10S. The van der Waals surface area contributed by atoms with E-state index in [1.807, 2.05) is 19.9 Å². The van der Waals surface area contributed by atoms with Crippen LogP contribution in [0.25, 0.3) is 5.53 Å². The van der Waals surface area contributed by atoms with Crippen molar-refractivity contribution >= 4 is 27.8 Å². The molecule has 0 bridgehead atoms. The maximum absolute atomic E-state index is 10.9. The van der Waals surface area contributed by atoms with Gasteiger partial charge in [-0.1, -0.05) is 6.07 Å². The van der Waals surface area contributed by atoms with Gasteiger partial charge in [-0.3, -0.25) is 4.55 Å². The number of carbonyl (C=O) groups is 2. The number of hydrogen-bond acceptors (Lipinski definition) is 8. The second kappa shape index (κ2) is 12.8. The predicted molar refractivity (Wildman–Crippen MR) is 124 cm³/mol. The lowest BCUT2D eigenvalue weighted by Gasteiger charge is -2.32. The van der Waals surface area contributed by atoms with Gasteiger partial charge in [-0.25, -0.2) is 9.59 Å². The van der Waals surface area contributed by atoms with E-state index < -0.39 is 38.1 Å². The zero-order chi connectivity index (χ0) is 26.9. The van der Waals surface area contributed by atoms with Crippen LogP contribution < -0.4 is 0 Å². The lowest BCUT2D eigenvalue weighted by atomic mass is 10.0. The van der Waals surface area contributed by atoms with Crippen molar-refractivity contribution in [2.24, 2.45) is 0 Å². The molecule has 1 aromatic carbocycles. The van der Waals surface area contributed by atoms with Crippen molar-refractivity contribution in [3.05, 3.63) is 58.1 Å². The Hall–Kier alpha value is -3.71. The third kappa shape index (κ3) is 7.15. The predicted octanol–water partition coefficient (Wildman–Crippen LogP) is 1.89. The Morgan fingerprint density at radius 3 is 2.08 bits per heavy atom. The lowest BCUT2D eigenvalue weighted by molar-refractivity contribution is -0.0140. The number of allylic oxidation sites excluding steroid dienone is 3. The largest absolute Gasteiger partial charge is 0.495 e. The minimum Gasteiger partial charge on any atom is -0.495 e. The normalized spacial score (nSPS) is 15.8. The molecule has 1 fully saturated rings. The highest BCUT2D eigenvalue weighted by Gasteiger charge is 2.31. The molecule has 0 amide bonds. The van der Waals surface area contributed by atoms with Crippen LogP contribution in [-0.4, -0.2) is 90.0 Å². The van der Waals surface area contributed by atoms with Crippen molar-refractivity contribution in [1.82, 2.24) is 4.90 Å². The molecule has 0 unspecified atom stereocenters. The topological polar surface area (TPSA) is 196 Å². The summed E-state index contributed by atoms with van der Waals surface area (Å²) in [5.41, 5.74) is 9.06. The molecule has 3 N–H and O–H groups in total. The van der Waals surface area contributed by atoms with Gasteiger partial charge < -0.3 is 34.9 Å². The fraction of sp³-hybridized carbons (Fsp3) is 0.409. The van der Waals surface area contributed by atoms with Crippen molar-refractivity contribution < 1.29 is 51.8 Å². The second-order valence-electron chi connectivity index (χ2n) is 7.27. The van der Waals surface area contributed by atoms with Gasteiger partial charge >= 0.3 is 17.7 Å². The summed E-state index contributed by atoms with van der Waals surface area (Å²) in [6.07, 6.45) is 2.35. The molecule has 36 heavy (non-hydrogen) atoms. The fourth-order valence-electron chi connectivity index (χ4n) is 3.51. The summed E-state index contributed by atoms with van der Waals surface area (Å²) in [6, 6.07) is 2.84. The molecule has 0 spiro atoms. The van der Waals surface area contributed by atoms with Gasteiger partial charge in [0.15, 0.2) is 0 Å². The van der Waals surface area contributed by atoms with Crippen LogP contribution in [-0.2, 0) is 24.3 Å². The van der Waals surface area contributed by atoms with Crippen LogP contribution in [0, 0.1) is 0 Å². The van der Waals surface area contributed by atoms with Crippen LogP contribution in [0.15, 0.2) is 46.4 Å². The summed E-state index contributed by atoms with van der Waals surface area (Å²) in [5, 5.41) is 17.3. The van der Waals surface area contributed by atoms with E-state index >= 15 is 0 Å². The summed E-state index contributed by atoms with van der Waals surface area (Å²) in [5.74, 6) is -1.85. The van der Waals surface area contributed by atoms with Crippen molar-refractivity contribution in [2.45, 2.75) is 25.2 Å². The summed E-state index contributed by atoms with van der Waals surface area (Å²) >= 11 is 0. The first-order valence-corrected chi connectivity index (χ1v) is 12.3. The minimum atomic E-state index is -4.92. The molecule has 0 saturated carbocycles. The monoisotopic (exact) mass is 525 g/mol. The van der Waals surface area contributed by atoms with Gasteiger partial charge in [0, 0.05) is 19.2 Å². The molecule has 196 valence electrons. The summed E-state index contributed by atoms with van der Waals surface area (Å²) in [6.45, 7) is 8.04. The molecule has 1 heterocycles. The molecule has 0 aromatic heterocycles. The van der Waals surface area contributed by atoms with E-state index in [2.05, 4.69) is 9.69 Å². The third-order valence-electron chi connectivity index (χ3n) is 4.99. The Balaban J connectivity index is 0.000000261. The van der Waals surface area contributed by atoms with Gasteiger partial charge in [-0.05, 0) is 26.0 Å². The quantitative estimate of drug-likeness (QED) is 0.254. The standard InChI is InChI=1S/C14H21N3O3.C8H6O7S/c1-3-19-13-10-12(17-5-7-18-8-6-17)14(20-4-2)9-11(13)16-15;9-7(10)4-2-1-3-5(8(11)12)6(4)16(13,14)15/h10H,3-9H2,1-2H3;1-3H,(H,9,10)(H,11,12)(H,13,14,15). The average molecular weight is 526 g/mol. The van der Waals surface area contributed by atoms with E-state index in [0.717, 1.165) is 42.7 Å². The van der Waals surface area contributed by atoms with Gasteiger partial charge in [-0.15, -0.1) is 0 Å². The molecule has 1 aromatic rings. The van der Waals surface area contributed by atoms with Gasteiger partial charge in [-0.2, -0.15) is 13.2 Å². The number of carboxylic acids is 2. The first-order valence-electron chi connectivity index (χ1n) is 10.9. The van der Waals surface area contributed by atoms with Crippen LogP contribution in [0.5, 0.6) is 0 Å². The Morgan fingerprint density at radius 2 is 1.64 bits per heavy atom. The SMILES string of the molecule is CCOC1=CC(N2CCOCC2)=C(OCC)CC1=[N+]=[N-].O=C(O)c1cccc(C(=O)O)c1S(=O)(=O)O. The van der Waals surface area contributed by atoms with E-state index in [1.54, 1.807) is 0 Å². The third-order valence-corrected chi connectivity index (χ3v) is 5.95. The first-order chi connectivity index (χ1) is 17.0. The van der Waals surface area contributed by atoms with Crippen LogP contribution in [0.2, 0.25) is 0 Å². The molecular weight excluding hydrogens is 498 g/mol. The van der Waals surface area contributed by atoms with E-state index in [9.17, 15) is 18.0 Å². The Morgan fingerprint density at radius 1 is 1.08 bits per heavy atom. The Labute approximate surface area is 207 Å². The molecule has 14 heteroatoms. The number of hydrogen-bond donors (Lipinski definition) is 3. The number of benzene rings is 1. The Bertz CT molecular complexity index is 1180. The van der Waals surface area contributed by atoms with E-state index in [-0.39, 0.29) is 0 Å². The van der Waals surface area contributed by atoms with Crippen molar-refractivity contribution in [3.63, 3.8) is 0 Å². The highest BCUT2D eigenvalue weighted by molar-refractivity contribution is 7.86. The average Bonchev–Trinajstić information content (AvgIpc) is 2.84. The summed E-state index contributed by atoms with van der Waals surface area (Å²) < 4.78 is 47.3. The molecule has 2 aliphatic rings. The molecule has 0 radical (unpaired) electrons. The number of aromatic carboxylic acids is 2. The van der Waals surface area contributed by atoms with Crippen LogP contribution in [0.4, 0.5) is 0 Å². The smallest absolute Gasteiger partial charge is 0.341 e. The molecule has 13 nitrogen and oxygen atoms in total. The van der Waals surface area contributed by atoms with Gasteiger partial charge in [0.1, 0.15) is 17.1 Å². The minimum absolute atomic E-state index is 0.447. The number of nitrogens with zero attached hydrogens (tertiary/aromatic N) is 3. The van der Waals surface area contributed by atoms with Crippen LogP contribution >= 0.6 is 0 Å². The number of rotatable bonds is 8. The Kier molecular flexibility index (Phi) is 10.2. The number of carboxylic acid groups (broad SMARTS) is 2. The van der Waals surface area contributed by atoms with Gasteiger partial charge in [0.2, 0.25) is 5.76 Å². The first kappa shape index (κ1) is 28.5. The van der Waals surface area contributed by atoms with E-state index in [4.69, 9.17) is 34.5 Å². The number of morpholine rings is 1. The maximum Gasteiger partial charge on any atom is 0.341 e. The summed E-state index contributed by atoms with van der Waals surface area (Å²) in [7, 11) is -4.92. The van der Waals surface area contributed by atoms with Crippen molar-refractivity contribution in [2.75, 3.05) is 39.5 Å². The van der Waals surface area contributed by atoms with Crippen molar-refractivity contribution in [1.29, 1.82) is 0 Å². The highest BCUT2D eigenvalue weighted by atomic mass is 32.2. The maximum atomic E-state index is 10.9. The van der Waals surface area contributed by atoms with Crippen LogP contribution in [0.3, 0.4) is 0 Å². The second-order valence-corrected chi connectivity index (χ2v) is 8.63. The molecule has 1 aliphatic carbocycles.